The lowest BCUT2D eigenvalue weighted by Gasteiger charge is -2.37. The third kappa shape index (κ3) is 4.58. The second kappa shape index (κ2) is 9.95. The predicted octanol–water partition coefficient (Wildman–Crippen LogP) is 2.76. The van der Waals surface area contributed by atoms with Crippen molar-refractivity contribution in [2.45, 2.75) is 24.7 Å². The van der Waals surface area contributed by atoms with Crippen LogP contribution in [0.4, 0.5) is 17.2 Å². The number of hydrogen-bond donors (Lipinski definition) is 2. The maximum absolute atomic E-state index is 13.2. The quantitative estimate of drug-likeness (QED) is 0.448. The highest BCUT2D eigenvalue weighted by molar-refractivity contribution is 7.92. The van der Waals surface area contributed by atoms with Gasteiger partial charge < -0.3 is 19.8 Å². The Morgan fingerprint density at radius 2 is 1.71 bits per heavy atom. The van der Waals surface area contributed by atoms with Gasteiger partial charge in [-0.15, -0.1) is 0 Å². The number of pyridine rings is 2. The summed E-state index contributed by atoms with van der Waals surface area (Å²) in [6.07, 6.45) is 7.58. The van der Waals surface area contributed by atoms with Gasteiger partial charge in [0, 0.05) is 55.9 Å². The molecular formula is C29H34N6O5S. The van der Waals surface area contributed by atoms with Crippen LogP contribution >= 0.6 is 0 Å². The minimum Gasteiger partial charge on any atom is -0.483 e. The van der Waals surface area contributed by atoms with Crippen molar-refractivity contribution < 1.29 is 23.1 Å². The third-order valence-electron chi connectivity index (χ3n) is 9.07. The Labute approximate surface area is 239 Å². The molecule has 2 unspecified atom stereocenters. The van der Waals surface area contributed by atoms with Crippen molar-refractivity contribution in [1.82, 2.24) is 14.9 Å². The zero-order chi connectivity index (χ0) is 29.1. The van der Waals surface area contributed by atoms with Gasteiger partial charge in [0.05, 0.1) is 34.8 Å². The highest BCUT2D eigenvalue weighted by Gasteiger charge is 2.54. The molecule has 2 atom stereocenters. The fraction of sp³-hybridized carbons (Fsp3) is 0.448. The molecule has 3 aromatic rings. The second-order valence-corrected chi connectivity index (χ2v) is 13.5. The SMILES string of the molecule is CN1CC2CN(c3ncc(-c4ccc5ncc6c(c5c4)C4(CCC4)C(=O)N6C)cc3NS(C)(=O)=O)CC2C1.O=CO. The lowest BCUT2D eigenvalue weighted by Crippen LogP contribution is -2.43. The molecule has 1 aliphatic carbocycles. The maximum Gasteiger partial charge on any atom is 0.290 e. The number of anilines is 3. The van der Waals surface area contributed by atoms with Crippen LogP contribution in [0.3, 0.4) is 0 Å². The van der Waals surface area contributed by atoms with E-state index < -0.39 is 15.4 Å². The molecule has 1 aromatic carbocycles. The lowest BCUT2D eigenvalue weighted by molar-refractivity contribution is -0.125. The van der Waals surface area contributed by atoms with Crippen LogP contribution in [0, 0.1) is 11.8 Å². The van der Waals surface area contributed by atoms with Gasteiger partial charge in [-0.3, -0.25) is 19.3 Å². The molecule has 7 rings (SSSR count). The molecule has 1 amide bonds. The van der Waals surface area contributed by atoms with Gasteiger partial charge >= 0.3 is 0 Å². The van der Waals surface area contributed by atoms with Crippen molar-refractivity contribution >= 4 is 50.5 Å². The number of carboxylic acid groups (broad SMARTS) is 1. The number of amides is 1. The fourth-order valence-electron chi connectivity index (χ4n) is 7.19. The Bertz CT molecular complexity index is 1640. The van der Waals surface area contributed by atoms with E-state index in [9.17, 15) is 13.2 Å². The molecule has 4 aliphatic rings. The molecule has 3 fully saturated rings. The molecule has 0 radical (unpaired) electrons. The van der Waals surface area contributed by atoms with E-state index in [1.54, 1.807) is 4.90 Å². The number of rotatable bonds is 4. The number of benzene rings is 1. The van der Waals surface area contributed by atoms with Crippen LogP contribution in [0.5, 0.6) is 0 Å². The van der Waals surface area contributed by atoms with Crippen molar-refractivity contribution in [3.05, 3.63) is 42.2 Å². The lowest BCUT2D eigenvalue weighted by atomic mass is 9.64. The maximum atomic E-state index is 13.2. The van der Waals surface area contributed by atoms with E-state index in [4.69, 9.17) is 14.9 Å². The molecule has 0 bridgehead atoms. The number of carbonyl (C=O) groups excluding carboxylic acids is 1. The first kappa shape index (κ1) is 27.4. The second-order valence-electron chi connectivity index (χ2n) is 11.8. The normalized spacial score (nSPS) is 22.8. The van der Waals surface area contributed by atoms with E-state index in [1.165, 1.54) is 6.26 Å². The summed E-state index contributed by atoms with van der Waals surface area (Å²) in [5, 5.41) is 7.87. The van der Waals surface area contributed by atoms with E-state index in [-0.39, 0.29) is 12.4 Å². The molecule has 2 saturated heterocycles. The molecule has 41 heavy (non-hydrogen) atoms. The van der Waals surface area contributed by atoms with E-state index in [0.29, 0.717) is 23.3 Å². The topological polar surface area (TPSA) is 136 Å². The smallest absolute Gasteiger partial charge is 0.290 e. The van der Waals surface area contributed by atoms with E-state index in [2.05, 4.69) is 32.6 Å². The van der Waals surface area contributed by atoms with Crippen LogP contribution in [-0.2, 0) is 25.0 Å². The highest BCUT2D eigenvalue weighted by Crippen LogP contribution is 2.55. The Hall–Kier alpha value is -3.77. The van der Waals surface area contributed by atoms with Crippen molar-refractivity contribution in [3.63, 3.8) is 0 Å². The average molecular weight is 579 g/mol. The Kier molecular flexibility index (Phi) is 6.65. The molecule has 2 aromatic heterocycles. The van der Waals surface area contributed by atoms with Gasteiger partial charge in [-0.25, -0.2) is 13.4 Å². The molecule has 5 heterocycles. The molecule has 3 aliphatic heterocycles. The van der Waals surface area contributed by atoms with Crippen LogP contribution in [0.25, 0.3) is 22.0 Å². The summed E-state index contributed by atoms with van der Waals surface area (Å²) in [7, 11) is 0.490. The van der Waals surface area contributed by atoms with Crippen LogP contribution < -0.4 is 14.5 Å². The Morgan fingerprint density at radius 1 is 1.02 bits per heavy atom. The summed E-state index contributed by atoms with van der Waals surface area (Å²) in [5.74, 6) is 1.98. The van der Waals surface area contributed by atoms with Crippen LogP contribution in [0.1, 0.15) is 24.8 Å². The third-order valence-corrected chi connectivity index (χ3v) is 9.66. The zero-order valence-electron chi connectivity index (χ0n) is 23.4. The van der Waals surface area contributed by atoms with E-state index in [1.807, 2.05) is 37.6 Å². The van der Waals surface area contributed by atoms with Crippen molar-refractivity contribution in [2.75, 3.05) is 61.1 Å². The summed E-state index contributed by atoms with van der Waals surface area (Å²) >= 11 is 0. The summed E-state index contributed by atoms with van der Waals surface area (Å²) in [6.45, 7) is 3.61. The minimum absolute atomic E-state index is 0.158. The van der Waals surface area contributed by atoms with Gasteiger partial charge in [0.15, 0.2) is 5.82 Å². The molecular weight excluding hydrogens is 544 g/mol. The Morgan fingerprint density at radius 3 is 2.32 bits per heavy atom. The molecule has 11 nitrogen and oxygen atoms in total. The van der Waals surface area contributed by atoms with Gasteiger partial charge in [-0.05, 0) is 55.5 Å². The Balaban J connectivity index is 0.000000967. The number of aromatic nitrogens is 2. The first-order valence-corrected chi connectivity index (χ1v) is 15.6. The number of fused-ring (bicyclic) bond motifs is 5. The molecule has 12 heteroatoms. The van der Waals surface area contributed by atoms with Gasteiger partial charge in [0.2, 0.25) is 15.9 Å². The van der Waals surface area contributed by atoms with Gasteiger partial charge in [-0.2, -0.15) is 0 Å². The fourth-order valence-corrected chi connectivity index (χ4v) is 7.74. The van der Waals surface area contributed by atoms with E-state index >= 15 is 0 Å². The number of carbonyl (C=O) groups is 2. The zero-order valence-corrected chi connectivity index (χ0v) is 24.2. The minimum atomic E-state index is -3.50. The first-order valence-electron chi connectivity index (χ1n) is 13.8. The molecule has 2 N–H and O–H groups in total. The van der Waals surface area contributed by atoms with Gasteiger partial charge in [0.25, 0.3) is 6.47 Å². The monoisotopic (exact) mass is 578 g/mol. The number of nitrogens with zero attached hydrogens (tertiary/aromatic N) is 5. The van der Waals surface area contributed by atoms with Crippen LogP contribution in [0.15, 0.2) is 36.7 Å². The number of sulfonamides is 1. The highest BCUT2D eigenvalue weighted by atomic mass is 32.2. The largest absolute Gasteiger partial charge is 0.483 e. The van der Waals surface area contributed by atoms with Crippen molar-refractivity contribution in [3.8, 4) is 11.1 Å². The van der Waals surface area contributed by atoms with Crippen molar-refractivity contribution in [2.24, 2.45) is 11.8 Å². The predicted molar refractivity (Wildman–Crippen MR) is 158 cm³/mol. The summed E-state index contributed by atoms with van der Waals surface area (Å²) < 4.78 is 27.4. The number of likely N-dealkylation sites (N-methyl/N-ethyl adjacent to an activating group) is 1. The van der Waals surface area contributed by atoms with Crippen molar-refractivity contribution in [1.29, 1.82) is 0 Å². The summed E-state index contributed by atoms with van der Waals surface area (Å²) in [4.78, 5) is 37.4. The standard InChI is InChI=1S/C28H32N6O3S.CH2O2/c1-32-13-19-15-34(16-20(19)14-32)26-23(31-38(3,36)37)10-18(11-30-26)17-5-6-22-21(9-17)25-24(12-29-22)33(2)27(35)28(25)7-4-8-28;2-1-3/h5-6,9-12,19-20,31H,4,7-8,13-16H2,1-3H3;1H,(H,2,3). The number of likely N-dealkylation sites (tertiary alicyclic amines) is 1. The summed E-state index contributed by atoms with van der Waals surface area (Å²) in [5.41, 5.74) is 4.61. The molecule has 216 valence electrons. The first-order chi connectivity index (χ1) is 19.5. The van der Waals surface area contributed by atoms with Gasteiger partial charge in [-0.1, -0.05) is 12.5 Å². The molecule has 1 saturated carbocycles. The van der Waals surface area contributed by atoms with Crippen LogP contribution in [-0.4, -0.2) is 87.3 Å². The van der Waals surface area contributed by atoms with Gasteiger partial charge in [0.1, 0.15) is 0 Å². The van der Waals surface area contributed by atoms with E-state index in [0.717, 1.165) is 78.7 Å². The summed E-state index contributed by atoms with van der Waals surface area (Å²) in [6, 6.07) is 7.95. The molecule has 1 spiro atoms. The number of hydrogen-bond acceptors (Lipinski definition) is 8. The van der Waals surface area contributed by atoms with Crippen LogP contribution in [0.2, 0.25) is 0 Å². The average Bonchev–Trinajstić information content (AvgIpc) is 3.51. The number of nitrogens with one attached hydrogen (secondary N) is 1.